The molecule has 168 valence electrons. The summed E-state index contributed by atoms with van der Waals surface area (Å²) in [5.74, 6) is 6.30. The molecular weight excluding hydrogens is 453 g/mol. The van der Waals surface area contributed by atoms with Gasteiger partial charge in [-0.05, 0) is 35.4 Å². The molecule has 0 fully saturated rings. The van der Waals surface area contributed by atoms with Crippen molar-refractivity contribution in [1.82, 2.24) is 14.6 Å². The van der Waals surface area contributed by atoms with E-state index in [2.05, 4.69) is 4.98 Å². The fraction of sp³-hybridized carbons (Fsp3) is 0.182. The number of nitrogens with one attached hydrogen (secondary N) is 1. The molecule has 3 aromatic rings. The smallest absolute Gasteiger partial charge is 0.328 e. The van der Waals surface area contributed by atoms with Crippen LogP contribution in [0.1, 0.15) is 17.5 Å². The third kappa shape index (κ3) is 5.41. The Morgan fingerprint density at radius 1 is 1.03 bits per heavy atom. The first-order chi connectivity index (χ1) is 15.2. The summed E-state index contributed by atoms with van der Waals surface area (Å²) in [6.07, 6.45) is 3.01. The van der Waals surface area contributed by atoms with Crippen LogP contribution in [0.4, 0.5) is 0 Å². The second-order valence-corrected chi connectivity index (χ2v) is 8.09. The van der Waals surface area contributed by atoms with Crippen LogP contribution in [-0.4, -0.2) is 26.2 Å². The summed E-state index contributed by atoms with van der Waals surface area (Å²) in [4.78, 5) is 25.4. The van der Waals surface area contributed by atoms with Gasteiger partial charge in [-0.1, -0.05) is 47.5 Å². The van der Waals surface area contributed by atoms with Gasteiger partial charge in [0.1, 0.15) is 5.60 Å². The maximum absolute atomic E-state index is 11.9. The third-order valence-corrected chi connectivity index (χ3v) is 5.61. The van der Waals surface area contributed by atoms with Gasteiger partial charge in [0.05, 0.1) is 6.54 Å². The molecule has 0 radical (unpaired) electrons. The minimum Gasteiger partial charge on any atom is -0.403 e. The Balaban J connectivity index is 1.87. The van der Waals surface area contributed by atoms with Crippen molar-refractivity contribution in [3.63, 3.8) is 0 Å². The van der Waals surface area contributed by atoms with Crippen LogP contribution in [0, 0.1) is 0 Å². The molecule has 0 unspecified atom stereocenters. The van der Waals surface area contributed by atoms with Crippen molar-refractivity contribution >= 4 is 23.2 Å². The van der Waals surface area contributed by atoms with Crippen molar-refractivity contribution in [3.05, 3.63) is 115 Å². The number of hydrogen-bond donors (Lipinski definition) is 4. The van der Waals surface area contributed by atoms with Crippen molar-refractivity contribution < 1.29 is 5.11 Å². The summed E-state index contributed by atoms with van der Waals surface area (Å²) in [6, 6.07) is 14.9. The van der Waals surface area contributed by atoms with E-state index >= 15 is 0 Å². The Kier molecular flexibility index (Phi) is 7.42. The van der Waals surface area contributed by atoms with Crippen LogP contribution in [0.3, 0.4) is 0 Å². The van der Waals surface area contributed by atoms with Crippen molar-refractivity contribution in [2.24, 2.45) is 11.6 Å². The van der Waals surface area contributed by atoms with Crippen LogP contribution < -0.4 is 22.8 Å². The molecule has 0 atom stereocenters. The van der Waals surface area contributed by atoms with Gasteiger partial charge in [-0.25, -0.2) is 10.6 Å². The monoisotopic (exact) mass is 475 g/mol. The zero-order valence-electron chi connectivity index (χ0n) is 17.0. The van der Waals surface area contributed by atoms with Crippen molar-refractivity contribution in [2.45, 2.75) is 18.6 Å². The van der Waals surface area contributed by atoms with E-state index in [9.17, 15) is 14.7 Å². The molecule has 0 spiro atoms. The van der Waals surface area contributed by atoms with E-state index in [1.54, 1.807) is 48.5 Å². The van der Waals surface area contributed by atoms with Crippen LogP contribution in [0.25, 0.3) is 0 Å². The second kappa shape index (κ2) is 10.1. The molecular formula is C22H23Cl2N5O3. The van der Waals surface area contributed by atoms with E-state index in [1.807, 2.05) is 0 Å². The first-order valence-electron chi connectivity index (χ1n) is 9.70. The van der Waals surface area contributed by atoms with Crippen LogP contribution in [-0.2, 0) is 12.1 Å². The normalized spacial score (nSPS) is 12.1. The van der Waals surface area contributed by atoms with Gasteiger partial charge in [-0.3, -0.25) is 9.78 Å². The lowest BCUT2D eigenvalue weighted by atomic mass is 9.86. The highest BCUT2D eigenvalue weighted by Gasteiger charge is 2.34. The Bertz CT molecular complexity index is 1160. The number of aryl methyl sites for hydroxylation is 1. The molecule has 0 aliphatic heterocycles. The molecule has 0 bridgehead atoms. The number of benzene rings is 2. The highest BCUT2D eigenvalue weighted by molar-refractivity contribution is 6.30. The first kappa shape index (κ1) is 23.6. The number of hydrazine groups is 1. The molecule has 32 heavy (non-hydrogen) atoms. The zero-order valence-corrected chi connectivity index (χ0v) is 18.6. The van der Waals surface area contributed by atoms with Crippen molar-refractivity contribution in [3.8, 4) is 0 Å². The lowest BCUT2D eigenvalue weighted by Gasteiger charge is -2.35. The lowest BCUT2D eigenvalue weighted by Crippen LogP contribution is -2.45. The lowest BCUT2D eigenvalue weighted by molar-refractivity contribution is 0.0449. The number of rotatable bonds is 8. The molecule has 0 amide bonds. The predicted octanol–water partition coefficient (Wildman–Crippen LogP) is 2.15. The highest BCUT2D eigenvalue weighted by atomic mass is 35.5. The summed E-state index contributed by atoms with van der Waals surface area (Å²) in [7, 11) is 0. The average molecular weight is 476 g/mol. The molecule has 0 saturated heterocycles. The van der Waals surface area contributed by atoms with Crippen molar-refractivity contribution in [1.29, 1.82) is 0 Å². The molecule has 2 aromatic carbocycles. The summed E-state index contributed by atoms with van der Waals surface area (Å²) in [5, 5.41) is 14.1. The Hall–Kier alpha value is -3.04. The minimum absolute atomic E-state index is 0.0418. The quantitative estimate of drug-likeness (QED) is 0.291. The molecule has 10 heteroatoms. The number of nitrogens with two attached hydrogens (primary N) is 2. The van der Waals surface area contributed by atoms with Gasteiger partial charge in [-0.2, -0.15) is 0 Å². The molecule has 6 N–H and O–H groups in total. The number of aromatic amines is 1. The molecule has 3 rings (SSSR count). The minimum atomic E-state index is -1.51. The Morgan fingerprint density at radius 3 is 2.03 bits per heavy atom. The van der Waals surface area contributed by atoms with Gasteiger partial charge in [0.15, 0.2) is 0 Å². The Morgan fingerprint density at radius 2 is 1.56 bits per heavy atom. The van der Waals surface area contributed by atoms with Gasteiger partial charge < -0.3 is 20.4 Å². The number of hydrogen-bond acceptors (Lipinski definition) is 6. The van der Waals surface area contributed by atoms with E-state index < -0.39 is 16.9 Å². The summed E-state index contributed by atoms with van der Waals surface area (Å²) >= 11 is 12.0. The van der Waals surface area contributed by atoms with Gasteiger partial charge in [0, 0.05) is 47.2 Å². The molecule has 0 saturated carbocycles. The van der Waals surface area contributed by atoms with Gasteiger partial charge in [-0.15, -0.1) is 0 Å². The zero-order chi connectivity index (χ0) is 23.3. The van der Waals surface area contributed by atoms with Crippen molar-refractivity contribution in [2.75, 3.05) is 6.54 Å². The molecule has 0 aliphatic rings. The van der Waals surface area contributed by atoms with Gasteiger partial charge >= 0.3 is 5.69 Å². The second-order valence-electron chi connectivity index (χ2n) is 7.21. The molecule has 8 nitrogen and oxygen atoms in total. The number of halogens is 2. The van der Waals surface area contributed by atoms with E-state index in [0.29, 0.717) is 26.9 Å². The maximum Gasteiger partial charge on any atom is 0.328 e. The van der Waals surface area contributed by atoms with Crippen LogP contribution in [0.15, 0.2) is 82.3 Å². The number of allylic oxidation sites excluding steroid dienone is 1. The number of aliphatic hydroxyl groups is 1. The summed E-state index contributed by atoms with van der Waals surface area (Å²) < 4.78 is 1.34. The van der Waals surface area contributed by atoms with E-state index in [1.165, 1.54) is 28.0 Å². The number of nitrogens with zero attached hydrogens (tertiary/aromatic N) is 2. The summed E-state index contributed by atoms with van der Waals surface area (Å²) in [6.45, 7) is 0.187. The van der Waals surface area contributed by atoms with E-state index in [-0.39, 0.29) is 19.5 Å². The number of aromatic nitrogens is 2. The molecule has 1 heterocycles. The third-order valence-electron chi connectivity index (χ3n) is 5.11. The first-order valence-corrected chi connectivity index (χ1v) is 10.5. The fourth-order valence-electron chi connectivity index (χ4n) is 3.33. The SMILES string of the molecule is N/C=C(/CCn1ccc(=O)[nH]c1=O)N(N)CC(O)(c1ccc(Cl)cc1)c1ccc(Cl)cc1. The number of H-pyrrole nitrogens is 1. The van der Waals surface area contributed by atoms with Gasteiger partial charge in [0.2, 0.25) is 0 Å². The van der Waals surface area contributed by atoms with Crippen LogP contribution in [0.2, 0.25) is 10.0 Å². The van der Waals surface area contributed by atoms with E-state index in [4.69, 9.17) is 34.8 Å². The van der Waals surface area contributed by atoms with Crippen LogP contribution in [0.5, 0.6) is 0 Å². The largest absolute Gasteiger partial charge is 0.403 e. The fourth-order valence-corrected chi connectivity index (χ4v) is 3.58. The van der Waals surface area contributed by atoms with Gasteiger partial charge in [0.25, 0.3) is 5.56 Å². The average Bonchev–Trinajstić information content (AvgIpc) is 2.76. The molecule has 1 aromatic heterocycles. The van der Waals surface area contributed by atoms with E-state index in [0.717, 1.165) is 0 Å². The maximum atomic E-state index is 11.9. The highest BCUT2D eigenvalue weighted by Crippen LogP contribution is 2.32. The molecule has 0 aliphatic carbocycles. The van der Waals surface area contributed by atoms with Crippen LogP contribution >= 0.6 is 23.2 Å². The standard InChI is InChI=1S/C22H23Cl2N5O3/c23-17-5-1-15(2-6-17)22(32,16-3-7-18(24)8-4-16)14-29(26)19(13-25)9-11-28-12-10-20(30)27-21(28)31/h1-8,10,12-13,32H,9,11,14,25-26H2,(H,27,30,31)/b19-13-. The topological polar surface area (TPSA) is 130 Å². The Labute approximate surface area is 194 Å². The summed E-state index contributed by atoms with van der Waals surface area (Å²) in [5.41, 5.74) is 4.92. The predicted molar refractivity (Wildman–Crippen MR) is 125 cm³/mol.